The summed E-state index contributed by atoms with van der Waals surface area (Å²) in [6, 6.07) is 7.32. The summed E-state index contributed by atoms with van der Waals surface area (Å²) in [5, 5.41) is 3.44. The van der Waals surface area contributed by atoms with E-state index in [1.807, 2.05) is 12.1 Å². The molecule has 1 nitrogen and oxygen atoms in total. The number of benzene rings is 1. The van der Waals surface area contributed by atoms with Gasteiger partial charge in [-0.3, -0.25) is 0 Å². The number of rotatable bonds is 6. The summed E-state index contributed by atoms with van der Waals surface area (Å²) in [5.74, 6) is -0.0405. The third kappa shape index (κ3) is 2.55. The molecule has 0 atom stereocenters. The van der Waals surface area contributed by atoms with E-state index in [4.69, 9.17) is 0 Å². The second-order valence-corrected chi connectivity index (χ2v) is 6.10. The van der Waals surface area contributed by atoms with Crippen LogP contribution in [0.15, 0.2) is 24.3 Å². The first-order valence-corrected chi connectivity index (χ1v) is 7.57. The van der Waals surface area contributed by atoms with Gasteiger partial charge in [0.25, 0.3) is 0 Å². The van der Waals surface area contributed by atoms with Gasteiger partial charge in [0, 0.05) is 12.0 Å². The first-order valence-electron chi connectivity index (χ1n) is 7.57. The van der Waals surface area contributed by atoms with Crippen LogP contribution in [0.25, 0.3) is 0 Å². The molecule has 2 rings (SSSR count). The minimum absolute atomic E-state index is 0.00731. The fourth-order valence-electron chi connectivity index (χ4n) is 3.80. The summed E-state index contributed by atoms with van der Waals surface area (Å²) in [4.78, 5) is 0. The smallest absolute Gasteiger partial charge is 0.127 e. The lowest BCUT2D eigenvalue weighted by Gasteiger charge is -2.57. The molecule has 1 aliphatic rings. The van der Waals surface area contributed by atoms with Crippen LogP contribution < -0.4 is 5.32 Å². The van der Waals surface area contributed by atoms with Gasteiger partial charge in [0.05, 0.1) is 0 Å². The van der Waals surface area contributed by atoms with E-state index < -0.39 is 0 Å². The van der Waals surface area contributed by atoms with Crippen LogP contribution in [0.4, 0.5) is 4.39 Å². The highest BCUT2D eigenvalue weighted by Crippen LogP contribution is 2.59. The molecule has 0 heterocycles. The molecule has 1 fully saturated rings. The summed E-state index contributed by atoms with van der Waals surface area (Å²) in [6.45, 7) is 8.48. The lowest BCUT2D eigenvalue weighted by molar-refractivity contribution is 0.0111. The lowest BCUT2D eigenvalue weighted by atomic mass is 9.48. The van der Waals surface area contributed by atoms with E-state index in [1.165, 1.54) is 12.8 Å². The van der Waals surface area contributed by atoms with Gasteiger partial charge in [-0.05, 0) is 36.4 Å². The van der Waals surface area contributed by atoms with Crippen molar-refractivity contribution in [3.63, 3.8) is 0 Å². The highest BCUT2D eigenvalue weighted by atomic mass is 19.1. The highest BCUT2D eigenvalue weighted by Gasteiger charge is 2.53. The van der Waals surface area contributed by atoms with Gasteiger partial charge in [-0.2, -0.15) is 0 Å². The maximum absolute atomic E-state index is 14.2. The van der Waals surface area contributed by atoms with Gasteiger partial charge in [0.2, 0.25) is 0 Å². The average Bonchev–Trinajstić information content (AvgIpc) is 2.40. The Bertz CT molecular complexity index is 415. The van der Waals surface area contributed by atoms with Gasteiger partial charge in [0.1, 0.15) is 5.82 Å². The summed E-state index contributed by atoms with van der Waals surface area (Å²) in [5.41, 5.74) is 1.35. The Hall–Kier alpha value is -0.890. The van der Waals surface area contributed by atoms with Gasteiger partial charge >= 0.3 is 0 Å². The molecule has 0 spiro atoms. The Morgan fingerprint density at radius 1 is 1.11 bits per heavy atom. The van der Waals surface area contributed by atoms with Crippen molar-refractivity contribution in [3.05, 3.63) is 35.6 Å². The van der Waals surface area contributed by atoms with Crippen molar-refractivity contribution in [1.29, 1.82) is 0 Å². The van der Waals surface area contributed by atoms with Crippen molar-refractivity contribution in [1.82, 2.24) is 5.32 Å². The minimum Gasteiger partial charge on any atom is -0.316 e. The maximum Gasteiger partial charge on any atom is 0.127 e. The second-order valence-electron chi connectivity index (χ2n) is 6.10. The molecule has 0 amide bonds. The first kappa shape index (κ1) is 14.5. The second kappa shape index (κ2) is 5.62. The highest BCUT2D eigenvalue weighted by molar-refractivity contribution is 5.32. The van der Waals surface area contributed by atoms with Crippen molar-refractivity contribution >= 4 is 0 Å². The van der Waals surface area contributed by atoms with Crippen LogP contribution in [0, 0.1) is 11.2 Å². The van der Waals surface area contributed by atoms with E-state index >= 15 is 0 Å². The molecular weight excluding hydrogens is 237 g/mol. The molecule has 1 aromatic rings. The third-order valence-electron chi connectivity index (χ3n) is 5.09. The van der Waals surface area contributed by atoms with Crippen molar-refractivity contribution in [2.24, 2.45) is 5.41 Å². The van der Waals surface area contributed by atoms with Crippen LogP contribution in [-0.2, 0) is 5.41 Å². The lowest BCUT2D eigenvalue weighted by Crippen LogP contribution is -2.54. The molecule has 0 aliphatic heterocycles. The average molecular weight is 263 g/mol. The van der Waals surface area contributed by atoms with E-state index in [1.54, 1.807) is 12.1 Å². The summed E-state index contributed by atoms with van der Waals surface area (Å²) in [7, 11) is 0. The van der Waals surface area contributed by atoms with Gasteiger partial charge in [-0.15, -0.1) is 0 Å². The quantitative estimate of drug-likeness (QED) is 0.808. The SMILES string of the molecule is CCNCC1(c2ccccc2F)CC(CC)(CC)C1. The van der Waals surface area contributed by atoms with E-state index in [0.717, 1.165) is 31.5 Å². The molecule has 19 heavy (non-hydrogen) atoms. The van der Waals surface area contributed by atoms with Crippen LogP contribution >= 0.6 is 0 Å². The van der Waals surface area contributed by atoms with Crippen LogP contribution in [0.2, 0.25) is 0 Å². The first-order chi connectivity index (χ1) is 9.11. The van der Waals surface area contributed by atoms with Gasteiger partial charge in [-0.1, -0.05) is 51.8 Å². The normalized spacial score (nSPS) is 20.0. The monoisotopic (exact) mass is 263 g/mol. The van der Waals surface area contributed by atoms with Crippen LogP contribution in [0.5, 0.6) is 0 Å². The van der Waals surface area contributed by atoms with Crippen molar-refractivity contribution in [3.8, 4) is 0 Å². The zero-order valence-electron chi connectivity index (χ0n) is 12.4. The van der Waals surface area contributed by atoms with Crippen molar-refractivity contribution in [2.75, 3.05) is 13.1 Å². The number of likely N-dealkylation sites (N-methyl/N-ethyl adjacent to an activating group) is 1. The molecular formula is C17H26FN. The Kier molecular flexibility index (Phi) is 4.29. The zero-order chi connectivity index (χ0) is 13.9. The molecule has 0 aromatic heterocycles. The standard InChI is InChI=1S/C17H26FN/c1-4-16(5-2)11-17(12-16,13-19-6-3)14-9-7-8-10-15(14)18/h7-10,19H,4-6,11-13H2,1-3H3. The van der Waals surface area contributed by atoms with E-state index in [2.05, 4.69) is 26.1 Å². The Balaban J connectivity index is 2.26. The Morgan fingerprint density at radius 2 is 1.74 bits per heavy atom. The molecule has 0 bridgehead atoms. The summed E-state index contributed by atoms with van der Waals surface area (Å²) >= 11 is 0. The summed E-state index contributed by atoms with van der Waals surface area (Å²) in [6.07, 6.45) is 4.62. The van der Waals surface area contributed by atoms with Gasteiger partial charge in [-0.25, -0.2) is 4.39 Å². The fourth-order valence-corrected chi connectivity index (χ4v) is 3.80. The predicted molar refractivity (Wildman–Crippen MR) is 78.9 cm³/mol. The molecule has 0 saturated heterocycles. The van der Waals surface area contributed by atoms with Crippen LogP contribution in [0.3, 0.4) is 0 Å². The number of hydrogen-bond donors (Lipinski definition) is 1. The molecule has 1 saturated carbocycles. The largest absolute Gasteiger partial charge is 0.316 e. The van der Waals surface area contributed by atoms with Gasteiger partial charge in [0.15, 0.2) is 0 Å². The number of hydrogen-bond acceptors (Lipinski definition) is 1. The van der Waals surface area contributed by atoms with Crippen LogP contribution in [-0.4, -0.2) is 13.1 Å². The van der Waals surface area contributed by atoms with Crippen molar-refractivity contribution < 1.29 is 4.39 Å². The van der Waals surface area contributed by atoms with Crippen LogP contribution in [0.1, 0.15) is 52.0 Å². The van der Waals surface area contributed by atoms with E-state index in [0.29, 0.717) is 5.41 Å². The Morgan fingerprint density at radius 3 is 2.26 bits per heavy atom. The topological polar surface area (TPSA) is 12.0 Å². The van der Waals surface area contributed by atoms with E-state index in [9.17, 15) is 4.39 Å². The predicted octanol–water partition coefficient (Wildman–Crippen LogP) is 4.27. The Labute approximate surface area is 116 Å². The number of nitrogens with one attached hydrogen (secondary N) is 1. The molecule has 1 aliphatic carbocycles. The van der Waals surface area contributed by atoms with Crippen molar-refractivity contribution in [2.45, 2.75) is 51.9 Å². The molecule has 0 unspecified atom stereocenters. The van der Waals surface area contributed by atoms with Gasteiger partial charge < -0.3 is 5.32 Å². The molecule has 106 valence electrons. The molecule has 0 radical (unpaired) electrons. The maximum atomic E-state index is 14.2. The number of halogens is 1. The molecule has 1 aromatic carbocycles. The fraction of sp³-hybridized carbons (Fsp3) is 0.647. The summed E-state index contributed by atoms with van der Waals surface area (Å²) < 4.78 is 14.2. The van der Waals surface area contributed by atoms with E-state index in [-0.39, 0.29) is 11.2 Å². The third-order valence-corrected chi connectivity index (χ3v) is 5.09. The minimum atomic E-state index is -0.0405. The molecule has 2 heteroatoms. The molecule has 1 N–H and O–H groups in total. The zero-order valence-corrected chi connectivity index (χ0v) is 12.4.